The minimum atomic E-state index is -0.000927. The average molecular weight is 307 g/mol. The van der Waals surface area contributed by atoms with Crippen molar-refractivity contribution < 1.29 is 0 Å². The number of nitrogens with zero attached hydrogens (tertiary/aromatic N) is 2. The molecule has 2 aromatic heterocycles. The molecule has 4 aromatic rings. The molecule has 4 nitrogen and oxygen atoms in total. The molecule has 108 valence electrons. The van der Waals surface area contributed by atoms with Gasteiger partial charge in [-0.2, -0.15) is 0 Å². The minimum Gasteiger partial charge on any atom is -0.332 e. The Hall–Kier alpha value is -2.66. The summed E-state index contributed by atoms with van der Waals surface area (Å²) in [6, 6.07) is 17.4. The Kier molecular flexibility index (Phi) is 2.94. The zero-order chi connectivity index (χ0) is 15.1. The highest BCUT2D eigenvalue weighted by Crippen LogP contribution is 2.33. The van der Waals surface area contributed by atoms with Crippen molar-refractivity contribution in [3.8, 4) is 0 Å². The molecule has 0 aliphatic carbocycles. The van der Waals surface area contributed by atoms with E-state index in [0.717, 1.165) is 31.9 Å². The number of hydrogen-bond acceptors (Lipinski definition) is 4. The first-order chi connectivity index (χ1) is 10.7. The molecule has 22 heavy (non-hydrogen) atoms. The van der Waals surface area contributed by atoms with Gasteiger partial charge in [-0.15, -0.1) is 0 Å². The molecule has 0 saturated heterocycles. The molecule has 0 spiro atoms. The average Bonchev–Trinajstić information content (AvgIpc) is 2.94. The Morgan fingerprint density at radius 3 is 2.68 bits per heavy atom. The Morgan fingerprint density at radius 1 is 1.05 bits per heavy atom. The lowest BCUT2D eigenvalue weighted by Gasteiger charge is -2.03. The third kappa shape index (κ3) is 2.07. The number of para-hydroxylation sites is 1. The van der Waals surface area contributed by atoms with Crippen molar-refractivity contribution in [2.24, 2.45) is 7.05 Å². The van der Waals surface area contributed by atoms with Gasteiger partial charge in [-0.05, 0) is 30.3 Å². The third-order valence-electron chi connectivity index (χ3n) is 3.68. The van der Waals surface area contributed by atoms with Gasteiger partial charge in [-0.25, -0.2) is 4.98 Å². The fourth-order valence-electron chi connectivity index (χ4n) is 2.54. The van der Waals surface area contributed by atoms with Crippen LogP contribution >= 0.6 is 11.3 Å². The van der Waals surface area contributed by atoms with E-state index >= 15 is 0 Å². The van der Waals surface area contributed by atoms with Crippen LogP contribution in [0.3, 0.4) is 0 Å². The zero-order valence-electron chi connectivity index (χ0n) is 11.9. The SMILES string of the molecule is Cn1c(=O)ccc2c3sc(Nc4ccccc4)nc3ccc21. The van der Waals surface area contributed by atoms with E-state index in [9.17, 15) is 4.79 Å². The van der Waals surface area contributed by atoms with Gasteiger partial charge in [0.05, 0.1) is 15.7 Å². The zero-order valence-corrected chi connectivity index (χ0v) is 12.7. The molecule has 0 radical (unpaired) electrons. The summed E-state index contributed by atoms with van der Waals surface area (Å²) in [5, 5.41) is 5.23. The van der Waals surface area contributed by atoms with E-state index in [0.29, 0.717) is 0 Å². The maximum absolute atomic E-state index is 11.8. The number of anilines is 2. The van der Waals surface area contributed by atoms with E-state index in [-0.39, 0.29) is 5.56 Å². The highest BCUT2D eigenvalue weighted by atomic mass is 32.1. The molecule has 1 N–H and O–H groups in total. The minimum absolute atomic E-state index is 0.000927. The molecular formula is C17H13N3OS. The van der Waals surface area contributed by atoms with E-state index in [4.69, 9.17) is 0 Å². The Labute approximate surface area is 130 Å². The first-order valence-corrected chi connectivity index (χ1v) is 7.75. The monoisotopic (exact) mass is 307 g/mol. The summed E-state index contributed by atoms with van der Waals surface area (Å²) in [5.41, 5.74) is 2.88. The van der Waals surface area contributed by atoms with Crippen LogP contribution in [0.4, 0.5) is 10.8 Å². The largest absolute Gasteiger partial charge is 0.332 e. The van der Waals surface area contributed by atoms with Crippen LogP contribution in [0.5, 0.6) is 0 Å². The van der Waals surface area contributed by atoms with Crippen LogP contribution in [0.1, 0.15) is 0 Å². The van der Waals surface area contributed by atoms with Gasteiger partial charge in [-0.3, -0.25) is 4.79 Å². The number of thiazole rings is 1. The number of hydrogen-bond donors (Lipinski definition) is 1. The van der Waals surface area contributed by atoms with Gasteiger partial charge in [0.1, 0.15) is 0 Å². The maximum Gasteiger partial charge on any atom is 0.250 e. The molecule has 0 bridgehead atoms. The molecule has 4 rings (SSSR count). The Morgan fingerprint density at radius 2 is 1.86 bits per heavy atom. The molecule has 0 fully saturated rings. The first kappa shape index (κ1) is 13.0. The van der Waals surface area contributed by atoms with Crippen LogP contribution in [0.2, 0.25) is 0 Å². The number of benzene rings is 2. The van der Waals surface area contributed by atoms with Crippen LogP contribution in [-0.4, -0.2) is 9.55 Å². The number of aryl methyl sites for hydroxylation is 1. The molecule has 5 heteroatoms. The van der Waals surface area contributed by atoms with Crippen LogP contribution in [0.25, 0.3) is 21.1 Å². The van der Waals surface area contributed by atoms with Crippen molar-refractivity contribution in [3.05, 3.63) is 65.0 Å². The predicted molar refractivity (Wildman–Crippen MR) is 92.1 cm³/mol. The second-order valence-electron chi connectivity index (χ2n) is 5.09. The normalized spacial score (nSPS) is 11.1. The molecule has 2 heterocycles. The van der Waals surface area contributed by atoms with Gasteiger partial charge < -0.3 is 9.88 Å². The number of nitrogens with one attached hydrogen (secondary N) is 1. The van der Waals surface area contributed by atoms with Crippen molar-refractivity contribution >= 4 is 43.3 Å². The summed E-state index contributed by atoms with van der Waals surface area (Å²) < 4.78 is 2.75. The van der Waals surface area contributed by atoms with E-state index < -0.39 is 0 Å². The van der Waals surface area contributed by atoms with Crippen molar-refractivity contribution in [1.82, 2.24) is 9.55 Å². The summed E-state index contributed by atoms with van der Waals surface area (Å²) in [5.74, 6) is 0. The number of pyridine rings is 1. The van der Waals surface area contributed by atoms with Crippen molar-refractivity contribution in [2.45, 2.75) is 0 Å². The maximum atomic E-state index is 11.8. The van der Waals surface area contributed by atoms with Crippen LogP contribution in [0, 0.1) is 0 Å². The van der Waals surface area contributed by atoms with Crippen molar-refractivity contribution in [1.29, 1.82) is 0 Å². The lowest BCUT2D eigenvalue weighted by atomic mass is 10.2. The first-order valence-electron chi connectivity index (χ1n) is 6.94. The lowest BCUT2D eigenvalue weighted by molar-refractivity contribution is 0.907. The van der Waals surface area contributed by atoms with Crippen LogP contribution in [0.15, 0.2) is 59.4 Å². The van der Waals surface area contributed by atoms with E-state index in [1.165, 1.54) is 0 Å². The second-order valence-corrected chi connectivity index (χ2v) is 6.09. The molecule has 0 aliphatic heterocycles. The highest BCUT2D eigenvalue weighted by molar-refractivity contribution is 7.23. The van der Waals surface area contributed by atoms with E-state index in [1.807, 2.05) is 48.5 Å². The van der Waals surface area contributed by atoms with Gasteiger partial charge in [0, 0.05) is 24.2 Å². The summed E-state index contributed by atoms with van der Waals surface area (Å²) in [4.78, 5) is 16.4. The van der Waals surface area contributed by atoms with Crippen molar-refractivity contribution in [3.63, 3.8) is 0 Å². The van der Waals surface area contributed by atoms with Gasteiger partial charge in [0.25, 0.3) is 5.56 Å². The molecule has 0 atom stereocenters. The predicted octanol–water partition coefficient (Wildman–Crippen LogP) is 3.89. The summed E-state index contributed by atoms with van der Waals surface area (Å²) in [6.45, 7) is 0. The summed E-state index contributed by atoms with van der Waals surface area (Å²) in [6.07, 6.45) is 0. The highest BCUT2D eigenvalue weighted by Gasteiger charge is 2.09. The lowest BCUT2D eigenvalue weighted by Crippen LogP contribution is -2.14. The van der Waals surface area contributed by atoms with Gasteiger partial charge >= 0.3 is 0 Å². The summed E-state index contributed by atoms with van der Waals surface area (Å²) in [7, 11) is 1.79. The van der Waals surface area contributed by atoms with Crippen LogP contribution < -0.4 is 10.9 Å². The molecule has 0 unspecified atom stereocenters. The number of rotatable bonds is 2. The Bertz CT molecular complexity index is 1030. The molecule has 0 aliphatic rings. The number of aromatic nitrogens is 2. The Balaban J connectivity index is 1.89. The standard InChI is InChI=1S/C17H13N3OS/c1-20-14-9-8-13-16(12(14)7-10-15(20)21)22-17(19-13)18-11-5-3-2-4-6-11/h2-10H,1H3,(H,18,19). The third-order valence-corrected chi connectivity index (χ3v) is 4.70. The van der Waals surface area contributed by atoms with Crippen molar-refractivity contribution in [2.75, 3.05) is 5.32 Å². The molecular weight excluding hydrogens is 294 g/mol. The summed E-state index contributed by atoms with van der Waals surface area (Å²) >= 11 is 1.60. The van der Waals surface area contributed by atoms with Crippen LogP contribution in [-0.2, 0) is 7.05 Å². The molecule has 0 amide bonds. The fraction of sp³-hybridized carbons (Fsp3) is 0.0588. The van der Waals surface area contributed by atoms with E-state index in [2.05, 4.69) is 10.3 Å². The second kappa shape index (κ2) is 4.96. The van der Waals surface area contributed by atoms with Gasteiger partial charge in [0.15, 0.2) is 5.13 Å². The quantitative estimate of drug-likeness (QED) is 0.611. The molecule has 2 aromatic carbocycles. The van der Waals surface area contributed by atoms with E-state index in [1.54, 1.807) is 29.0 Å². The fourth-order valence-corrected chi connectivity index (χ4v) is 3.55. The smallest absolute Gasteiger partial charge is 0.250 e. The topological polar surface area (TPSA) is 46.9 Å². The molecule has 0 saturated carbocycles. The van der Waals surface area contributed by atoms with Gasteiger partial charge in [0.2, 0.25) is 0 Å². The number of fused-ring (bicyclic) bond motifs is 3. The van der Waals surface area contributed by atoms with Gasteiger partial charge in [-0.1, -0.05) is 29.5 Å².